The molecule has 3 atom stereocenters. The molecule has 11 heteroatoms. The smallest absolute Gasteiger partial charge is 0.323 e. The van der Waals surface area contributed by atoms with E-state index in [0.717, 1.165) is 17.7 Å². The van der Waals surface area contributed by atoms with Gasteiger partial charge in [0.15, 0.2) is 0 Å². The van der Waals surface area contributed by atoms with Crippen LogP contribution >= 0.6 is 11.6 Å². The number of likely N-dealkylation sites (tertiary alicyclic amines) is 1. The van der Waals surface area contributed by atoms with E-state index >= 15 is 4.39 Å². The standard InChI is InChI=1S/C32H36ClFN6O3/c1-19-14-24(33)17-37-29(19)39-31(42)40-18-25(43-3)16-28(40)30(41)38-27-15-23(8-9-26(27)34)32(35,12-10-21-5-6-21)22-7-4-20(2)36-13-11-22/h7-9,11,13-15,17,21,25,28H,5-6,10,12,16,18,35H2,1-3H3,(H,38,41)(H,37,39,42)/t25-,28-,32?/m1/s1. The molecular formula is C32H36ClFN6O3. The number of urea groups is 1. The average Bonchev–Trinajstić information content (AvgIpc) is 3.75. The highest BCUT2D eigenvalue weighted by Gasteiger charge is 2.41. The minimum absolute atomic E-state index is 0.0150. The molecular weight excluding hydrogens is 571 g/mol. The van der Waals surface area contributed by atoms with Crippen LogP contribution in [-0.4, -0.2) is 53.8 Å². The number of nitrogens with zero attached hydrogens (tertiary/aromatic N) is 3. The van der Waals surface area contributed by atoms with Crippen LogP contribution in [0.4, 0.5) is 20.7 Å². The molecule has 1 aliphatic carbocycles. The van der Waals surface area contributed by atoms with Gasteiger partial charge >= 0.3 is 6.03 Å². The van der Waals surface area contributed by atoms with E-state index in [1.807, 2.05) is 19.1 Å². The first-order chi connectivity index (χ1) is 20.6. The van der Waals surface area contributed by atoms with E-state index in [4.69, 9.17) is 22.1 Å². The Morgan fingerprint density at radius 3 is 2.77 bits per heavy atom. The number of nitrogens with one attached hydrogen (secondary N) is 2. The summed E-state index contributed by atoms with van der Waals surface area (Å²) in [5.74, 6) is -0.187. The third-order valence-electron chi connectivity index (χ3n) is 8.29. The van der Waals surface area contributed by atoms with Crippen LogP contribution in [0.25, 0.3) is 0 Å². The molecule has 4 N–H and O–H groups in total. The van der Waals surface area contributed by atoms with E-state index in [-0.39, 0.29) is 24.8 Å². The van der Waals surface area contributed by atoms with Crippen molar-refractivity contribution < 1.29 is 18.7 Å². The number of halogens is 2. The monoisotopic (exact) mass is 606 g/mol. The largest absolute Gasteiger partial charge is 0.380 e. The van der Waals surface area contributed by atoms with Gasteiger partial charge in [-0.15, -0.1) is 0 Å². The predicted molar refractivity (Wildman–Crippen MR) is 166 cm³/mol. The number of hydrogen-bond donors (Lipinski definition) is 3. The second-order valence-corrected chi connectivity index (χ2v) is 11.9. The number of hydrogen-bond acceptors (Lipinski definition) is 6. The molecule has 43 heavy (non-hydrogen) atoms. The van der Waals surface area contributed by atoms with Crippen molar-refractivity contribution in [2.45, 2.75) is 63.6 Å². The summed E-state index contributed by atoms with van der Waals surface area (Å²) in [6.45, 7) is 3.80. The highest BCUT2D eigenvalue weighted by molar-refractivity contribution is 6.30. The topological polar surface area (TPSA) is 122 Å². The minimum Gasteiger partial charge on any atom is -0.380 e. The summed E-state index contributed by atoms with van der Waals surface area (Å²) in [4.78, 5) is 36.8. The Morgan fingerprint density at radius 1 is 1.26 bits per heavy atom. The molecule has 3 heterocycles. The second kappa shape index (κ2) is 12.8. The van der Waals surface area contributed by atoms with E-state index in [1.54, 1.807) is 31.3 Å². The lowest BCUT2D eigenvalue weighted by Crippen LogP contribution is -2.45. The molecule has 1 aromatic heterocycles. The van der Waals surface area contributed by atoms with E-state index < -0.39 is 29.3 Å². The molecule has 3 aliphatic rings. The van der Waals surface area contributed by atoms with E-state index in [2.05, 4.69) is 26.3 Å². The summed E-state index contributed by atoms with van der Waals surface area (Å²) in [6, 6.07) is 4.80. The van der Waals surface area contributed by atoms with Crippen LogP contribution in [-0.2, 0) is 15.1 Å². The molecule has 2 aliphatic heterocycles. The van der Waals surface area contributed by atoms with Crippen molar-refractivity contribution in [1.29, 1.82) is 0 Å². The van der Waals surface area contributed by atoms with Crippen LogP contribution in [0.1, 0.15) is 50.2 Å². The number of ether oxygens (including phenoxy) is 1. The van der Waals surface area contributed by atoms with Crippen LogP contribution in [0.5, 0.6) is 0 Å². The molecule has 9 nitrogen and oxygen atoms in total. The second-order valence-electron chi connectivity index (χ2n) is 11.4. The SMILES string of the molecule is CO[C@@H]1C[C@H](C(=O)Nc2cc(C(N)(CCC3CC3)C3=CC=NC(C)=C=C3)ccc2F)N(C(=O)Nc2ncc(Cl)cc2C)C1. The zero-order valence-electron chi connectivity index (χ0n) is 24.5. The molecule has 5 rings (SSSR count). The van der Waals surface area contributed by atoms with Gasteiger partial charge < -0.3 is 20.7 Å². The Kier molecular flexibility index (Phi) is 9.13. The molecule has 1 unspecified atom stereocenters. The Morgan fingerprint density at radius 2 is 2.05 bits per heavy atom. The van der Waals surface area contributed by atoms with Gasteiger partial charge in [0.2, 0.25) is 5.91 Å². The van der Waals surface area contributed by atoms with Crippen molar-refractivity contribution in [3.05, 3.63) is 81.6 Å². The Hall–Kier alpha value is -3.82. The number of allylic oxidation sites excluding steroid dienone is 1. The highest BCUT2D eigenvalue weighted by Crippen LogP contribution is 2.41. The van der Waals surface area contributed by atoms with Crippen molar-refractivity contribution in [3.8, 4) is 0 Å². The van der Waals surface area contributed by atoms with Gasteiger partial charge in [-0.05, 0) is 79.7 Å². The van der Waals surface area contributed by atoms with Crippen LogP contribution in [0.3, 0.4) is 0 Å². The number of methoxy groups -OCH3 is 1. The number of aliphatic imine (C=N–C) groups is 1. The molecule has 3 amide bonds. The number of rotatable bonds is 9. The lowest BCUT2D eigenvalue weighted by atomic mass is 9.78. The maximum atomic E-state index is 15.2. The molecule has 226 valence electrons. The number of benzene rings is 1. The molecule has 2 fully saturated rings. The first kappa shape index (κ1) is 30.6. The molecule has 0 bridgehead atoms. The molecule has 1 saturated heterocycles. The van der Waals surface area contributed by atoms with Crippen LogP contribution < -0.4 is 16.4 Å². The lowest BCUT2D eigenvalue weighted by molar-refractivity contribution is -0.119. The van der Waals surface area contributed by atoms with Gasteiger partial charge in [-0.1, -0.05) is 36.2 Å². The zero-order valence-corrected chi connectivity index (χ0v) is 25.2. The molecule has 1 aromatic carbocycles. The Balaban J connectivity index is 1.39. The molecule has 2 aromatic rings. The van der Waals surface area contributed by atoms with Gasteiger partial charge in [-0.3, -0.25) is 15.1 Å². The van der Waals surface area contributed by atoms with E-state index in [9.17, 15) is 9.59 Å². The summed E-state index contributed by atoms with van der Waals surface area (Å²) >= 11 is 6.00. The number of pyridine rings is 1. The fraction of sp³-hybridized carbons (Fsp3) is 0.406. The zero-order chi connectivity index (χ0) is 30.7. The van der Waals surface area contributed by atoms with Gasteiger partial charge in [0.25, 0.3) is 0 Å². The number of carbonyl (C=O) groups excluding carboxylic acids is 2. The van der Waals surface area contributed by atoms with Gasteiger partial charge in [0.05, 0.1) is 28.0 Å². The van der Waals surface area contributed by atoms with Crippen molar-refractivity contribution in [2.75, 3.05) is 24.3 Å². The Bertz CT molecular complexity index is 1550. The van der Waals surface area contributed by atoms with E-state index in [1.165, 1.54) is 37.1 Å². The summed E-state index contributed by atoms with van der Waals surface area (Å²) in [5.41, 5.74) is 12.1. The van der Waals surface area contributed by atoms with Crippen molar-refractivity contribution in [3.63, 3.8) is 0 Å². The first-order valence-corrected chi connectivity index (χ1v) is 14.8. The summed E-state index contributed by atoms with van der Waals surface area (Å²) < 4.78 is 20.7. The van der Waals surface area contributed by atoms with Gasteiger partial charge in [-0.2, -0.15) is 0 Å². The summed E-state index contributed by atoms with van der Waals surface area (Å²) in [7, 11) is 1.52. The number of carbonyl (C=O) groups is 2. The summed E-state index contributed by atoms with van der Waals surface area (Å²) in [5, 5.41) is 5.91. The summed E-state index contributed by atoms with van der Waals surface area (Å²) in [6.07, 6.45) is 10.6. The van der Waals surface area contributed by atoms with Gasteiger partial charge in [-0.25, -0.2) is 14.2 Å². The molecule has 0 spiro atoms. The fourth-order valence-corrected chi connectivity index (χ4v) is 5.68. The molecule has 1 saturated carbocycles. The quantitative estimate of drug-likeness (QED) is 0.309. The van der Waals surface area contributed by atoms with Gasteiger partial charge in [0, 0.05) is 32.5 Å². The highest BCUT2D eigenvalue weighted by atomic mass is 35.5. The minimum atomic E-state index is -0.955. The first-order valence-electron chi connectivity index (χ1n) is 14.4. The number of anilines is 2. The van der Waals surface area contributed by atoms with Crippen molar-refractivity contribution in [2.24, 2.45) is 16.6 Å². The number of amides is 3. The molecule has 0 radical (unpaired) electrons. The van der Waals surface area contributed by atoms with Crippen LogP contribution in [0.2, 0.25) is 5.02 Å². The van der Waals surface area contributed by atoms with E-state index in [0.29, 0.717) is 34.3 Å². The number of aryl methyl sites for hydroxylation is 1. The lowest BCUT2D eigenvalue weighted by Gasteiger charge is -2.32. The predicted octanol–water partition coefficient (Wildman–Crippen LogP) is 5.86. The third-order valence-corrected chi connectivity index (χ3v) is 8.49. The fourth-order valence-electron chi connectivity index (χ4n) is 5.47. The van der Waals surface area contributed by atoms with Gasteiger partial charge in [0.1, 0.15) is 17.7 Å². The number of aromatic nitrogens is 1. The van der Waals surface area contributed by atoms with Crippen molar-refractivity contribution >= 4 is 41.3 Å². The van der Waals surface area contributed by atoms with Crippen LogP contribution in [0, 0.1) is 18.7 Å². The van der Waals surface area contributed by atoms with Crippen LogP contribution in [0.15, 0.2) is 64.6 Å². The number of nitrogens with two attached hydrogens (primary N) is 1. The average molecular weight is 607 g/mol. The maximum absolute atomic E-state index is 15.2. The third kappa shape index (κ3) is 7.05. The maximum Gasteiger partial charge on any atom is 0.323 e. The normalized spacial score (nSPS) is 21.1. The Labute approximate surface area is 255 Å². The van der Waals surface area contributed by atoms with Crippen molar-refractivity contribution in [1.82, 2.24) is 9.88 Å².